The monoisotopic (exact) mass is 340 g/mol. The first-order valence-corrected chi connectivity index (χ1v) is 8.29. The highest BCUT2D eigenvalue weighted by atomic mass is 16.2. The lowest BCUT2D eigenvalue weighted by molar-refractivity contribution is -0.117. The number of anilines is 1. The van der Waals surface area contributed by atoms with Crippen LogP contribution in [0.15, 0.2) is 49.3 Å². The van der Waals surface area contributed by atoms with E-state index in [-0.39, 0.29) is 24.8 Å². The van der Waals surface area contributed by atoms with E-state index in [9.17, 15) is 9.59 Å². The number of rotatable bonds is 8. The Morgan fingerprint density at radius 1 is 1.36 bits per heavy atom. The Hall–Kier alpha value is -2.89. The van der Waals surface area contributed by atoms with Crippen LogP contribution in [0.25, 0.3) is 0 Å². The fraction of sp³-hybridized carbons (Fsp3) is 0.316. The smallest absolute Gasteiger partial charge is 0.243 e. The summed E-state index contributed by atoms with van der Waals surface area (Å²) in [5.41, 5.74) is 1.82. The summed E-state index contributed by atoms with van der Waals surface area (Å²) in [5.74, 6) is 0.958. The van der Waals surface area contributed by atoms with Gasteiger partial charge in [-0.3, -0.25) is 9.59 Å². The molecule has 0 saturated carbocycles. The Labute approximate surface area is 148 Å². The van der Waals surface area contributed by atoms with Gasteiger partial charge in [-0.2, -0.15) is 0 Å². The molecular formula is C19H24N4O2. The first-order chi connectivity index (χ1) is 12.0. The highest BCUT2D eigenvalue weighted by Crippen LogP contribution is 2.16. The van der Waals surface area contributed by atoms with Crippen LogP contribution in [0, 0.1) is 0 Å². The van der Waals surface area contributed by atoms with E-state index in [0.29, 0.717) is 12.5 Å². The highest BCUT2D eigenvalue weighted by Gasteiger charge is 2.08. The highest BCUT2D eigenvalue weighted by molar-refractivity contribution is 5.92. The zero-order valence-corrected chi connectivity index (χ0v) is 14.7. The molecule has 2 aromatic rings. The first-order valence-electron chi connectivity index (χ1n) is 8.29. The molecule has 0 aliphatic carbocycles. The first kappa shape index (κ1) is 18.4. The van der Waals surface area contributed by atoms with Crippen molar-refractivity contribution < 1.29 is 9.59 Å². The largest absolute Gasteiger partial charge is 0.352 e. The molecule has 0 spiro atoms. The second kappa shape index (κ2) is 8.82. The van der Waals surface area contributed by atoms with Gasteiger partial charge in [0.2, 0.25) is 11.8 Å². The fourth-order valence-corrected chi connectivity index (χ4v) is 2.49. The number of hydrogen-bond donors (Lipinski definition) is 2. The minimum atomic E-state index is -0.281. The maximum Gasteiger partial charge on any atom is 0.243 e. The lowest BCUT2D eigenvalue weighted by Gasteiger charge is -2.12. The van der Waals surface area contributed by atoms with E-state index < -0.39 is 0 Å². The fourth-order valence-electron chi connectivity index (χ4n) is 2.49. The Kier molecular flexibility index (Phi) is 6.51. The summed E-state index contributed by atoms with van der Waals surface area (Å²) in [5, 5.41) is 5.43. The summed E-state index contributed by atoms with van der Waals surface area (Å²) in [6.45, 7) is 8.57. The number of hydrogen-bond acceptors (Lipinski definition) is 3. The molecule has 2 rings (SSSR count). The van der Waals surface area contributed by atoms with Crippen molar-refractivity contribution >= 4 is 17.5 Å². The zero-order chi connectivity index (χ0) is 18.2. The van der Waals surface area contributed by atoms with Crippen molar-refractivity contribution in [3.63, 3.8) is 0 Å². The van der Waals surface area contributed by atoms with Gasteiger partial charge in [0.25, 0.3) is 0 Å². The average Bonchev–Trinajstić information content (AvgIpc) is 3.03. The quantitative estimate of drug-likeness (QED) is 0.726. The van der Waals surface area contributed by atoms with E-state index >= 15 is 0 Å². The van der Waals surface area contributed by atoms with Crippen LogP contribution in [0.3, 0.4) is 0 Å². The summed E-state index contributed by atoms with van der Waals surface area (Å²) in [7, 11) is 0. The van der Waals surface area contributed by atoms with E-state index in [1.54, 1.807) is 6.20 Å². The normalized spacial score (nSPS) is 10.5. The van der Waals surface area contributed by atoms with Crippen molar-refractivity contribution in [2.75, 3.05) is 11.9 Å². The summed E-state index contributed by atoms with van der Waals surface area (Å²) in [4.78, 5) is 27.4. The maximum absolute atomic E-state index is 12.0. The Bertz CT molecular complexity index is 749. The lowest BCUT2D eigenvalue weighted by atomic mass is 10.1. The molecule has 0 bridgehead atoms. The molecule has 0 saturated heterocycles. The van der Waals surface area contributed by atoms with Crippen LogP contribution in [0.5, 0.6) is 0 Å². The summed E-state index contributed by atoms with van der Waals surface area (Å²) < 4.78 is 2.11. The number of carbonyl (C=O) groups excluding carboxylic acids is 2. The molecule has 0 fully saturated rings. The number of benzene rings is 1. The molecule has 0 unspecified atom stereocenters. The topological polar surface area (TPSA) is 76.0 Å². The van der Waals surface area contributed by atoms with Gasteiger partial charge < -0.3 is 15.2 Å². The Morgan fingerprint density at radius 3 is 2.88 bits per heavy atom. The van der Waals surface area contributed by atoms with Gasteiger partial charge in [0.05, 0.1) is 0 Å². The number of amides is 2. The lowest BCUT2D eigenvalue weighted by Crippen LogP contribution is -2.25. The van der Waals surface area contributed by atoms with Crippen LogP contribution in [0.2, 0.25) is 0 Å². The van der Waals surface area contributed by atoms with Crippen LogP contribution in [0.4, 0.5) is 5.69 Å². The molecule has 1 aromatic carbocycles. The molecule has 2 amide bonds. The second-order valence-electron chi connectivity index (χ2n) is 6.06. The van der Waals surface area contributed by atoms with Crippen LogP contribution in [0.1, 0.15) is 37.6 Å². The molecule has 132 valence electrons. The van der Waals surface area contributed by atoms with Crippen LogP contribution < -0.4 is 10.6 Å². The van der Waals surface area contributed by atoms with Gasteiger partial charge in [0, 0.05) is 43.5 Å². The number of imidazole rings is 1. The molecule has 0 radical (unpaired) electrons. The Balaban J connectivity index is 1.94. The van der Waals surface area contributed by atoms with Gasteiger partial charge in [0.15, 0.2) is 0 Å². The van der Waals surface area contributed by atoms with Crippen molar-refractivity contribution in [2.24, 2.45) is 0 Å². The van der Waals surface area contributed by atoms with Gasteiger partial charge in [0.1, 0.15) is 5.82 Å². The minimum Gasteiger partial charge on any atom is -0.352 e. The van der Waals surface area contributed by atoms with E-state index in [4.69, 9.17) is 0 Å². The molecule has 0 aliphatic heterocycles. The predicted octanol–water partition coefficient (Wildman–Crippen LogP) is 2.69. The predicted molar refractivity (Wildman–Crippen MR) is 98.3 cm³/mol. The average molecular weight is 340 g/mol. The zero-order valence-electron chi connectivity index (χ0n) is 14.7. The van der Waals surface area contributed by atoms with E-state index in [1.807, 2.05) is 30.5 Å². The Morgan fingerprint density at radius 2 is 2.16 bits per heavy atom. The number of nitrogens with zero attached hydrogens (tertiary/aromatic N) is 2. The number of carbonyl (C=O) groups is 2. The van der Waals surface area contributed by atoms with Crippen molar-refractivity contribution in [3.8, 4) is 0 Å². The van der Waals surface area contributed by atoms with E-state index in [2.05, 4.69) is 40.6 Å². The van der Waals surface area contributed by atoms with Crippen LogP contribution in [-0.2, 0) is 16.1 Å². The third-order valence-corrected chi connectivity index (χ3v) is 3.66. The molecule has 25 heavy (non-hydrogen) atoms. The molecule has 6 nitrogen and oxygen atoms in total. The van der Waals surface area contributed by atoms with E-state index in [0.717, 1.165) is 17.1 Å². The summed E-state index contributed by atoms with van der Waals surface area (Å²) >= 11 is 0. The molecule has 1 heterocycles. The maximum atomic E-state index is 12.0. The van der Waals surface area contributed by atoms with Crippen molar-refractivity contribution in [3.05, 3.63) is 60.7 Å². The van der Waals surface area contributed by atoms with E-state index in [1.165, 1.54) is 6.08 Å². The number of aromatic nitrogens is 2. The third-order valence-electron chi connectivity index (χ3n) is 3.66. The van der Waals surface area contributed by atoms with Gasteiger partial charge in [-0.1, -0.05) is 32.6 Å². The van der Waals surface area contributed by atoms with Gasteiger partial charge in [-0.25, -0.2) is 4.98 Å². The summed E-state index contributed by atoms with van der Waals surface area (Å²) in [6.07, 6.45) is 5.16. The second-order valence-corrected chi connectivity index (χ2v) is 6.06. The molecule has 0 atom stereocenters. The van der Waals surface area contributed by atoms with Crippen LogP contribution >= 0.6 is 0 Å². The molecule has 6 heteroatoms. The van der Waals surface area contributed by atoms with Crippen molar-refractivity contribution in [2.45, 2.75) is 32.7 Å². The van der Waals surface area contributed by atoms with Crippen molar-refractivity contribution in [1.82, 2.24) is 14.9 Å². The summed E-state index contributed by atoms with van der Waals surface area (Å²) in [6, 6.07) is 7.73. The van der Waals surface area contributed by atoms with Gasteiger partial charge in [-0.15, -0.1) is 0 Å². The van der Waals surface area contributed by atoms with Crippen LogP contribution in [-0.4, -0.2) is 27.9 Å². The SMILES string of the molecule is C=CC(=O)NCCC(=O)Nc1cccc(Cn2ccnc2C(C)C)c1. The molecular weight excluding hydrogens is 316 g/mol. The molecule has 2 N–H and O–H groups in total. The van der Waals surface area contributed by atoms with Crippen molar-refractivity contribution in [1.29, 1.82) is 0 Å². The van der Waals surface area contributed by atoms with Gasteiger partial charge >= 0.3 is 0 Å². The third kappa shape index (κ3) is 5.60. The number of nitrogens with one attached hydrogen (secondary N) is 2. The molecule has 0 aliphatic rings. The minimum absolute atomic E-state index is 0.146. The standard InChI is InChI=1S/C19H24N4O2/c1-4-17(24)20-9-8-18(25)22-16-7-5-6-15(12-16)13-23-11-10-21-19(23)14(2)3/h4-7,10-12,14H,1,8-9,13H2,2-3H3,(H,20,24)(H,22,25). The molecule has 1 aromatic heterocycles. The van der Waals surface area contributed by atoms with Gasteiger partial charge in [-0.05, 0) is 23.8 Å².